The monoisotopic (exact) mass is 348 g/mol. The molecule has 1 N–H and O–H groups in total. The van der Waals surface area contributed by atoms with Crippen molar-refractivity contribution in [1.29, 1.82) is 0 Å². The molecular formula is C22H24N2O2. The van der Waals surface area contributed by atoms with E-state index < -0.39 is 0 Å². The van der Waals surface area contributed by atoms with Gasteiger partial charge in [-0.05, 0) is 43.0 Å². The summed E-state index contributed by atoms with van der Waals surface area (Å²) in [7, 11) is 0. The smallest absolute Gasteiger partial charge is 0.254 e. The molecule has 2 aromatic carbocycles. The van der Waals surface area contributed by atoms with Crippen LogP contribution in [0.5, 0.6) is 0 Å². The molecule has 0 saturated heterocycles. The van der Waals surface area contributed by atoms with Crippen molar-refractivity contribution in [3.05, 3.63) is 81.6 Å². The van der Waals surface area contributed by atoms with Crippen LogP contribution in [-0.2, 0) is 6.54 Å². The maximum absolute atomic E-state index is 13.0. The zero-order chi connectivity index (χ0) is 18.5. The Morgan fingerprint density at radius 3 is 2.54 bits per heavy atom. The van der Waals surface area contributed by atoms with Crippen molar-refractivity contribution in [2.75, 3.05) is 6.54 Å². The number of unbranched alkanes of at least 4 members (excludes halogenated alkanes) is 1. The number of amides is 1. The summed E-state index contributed by atoms with van der Waals surface area (Å²) < 4.78 is 0. The van der Waals surface area contributed by atoms with Crippen LogP contribution in [0.3, 0.4) is 0 Å². The van der Waals surface area contributed by atoms with E-state index in [4.69, 9.17) is 0 Å². The van der Waals surface area contributed by atoms with Gasteiger partial charge in [-0.2, -0.15) is 0 Å². The lowest BCUT2D eigenvalue weighted by Gasteiger charge is -2.22. The van der Waals surface area contributed by atoms with E-state index in [9.17, 15) is 9.59 Å². The molecule has 4 heteroatoms. The Hall–Kier alpha value is -2.88. The van der Waals surface area contributed by atoms with Gasteiger partial charge in [-0.3, -0.25) is 9.59 Å². The first kappa shape index (κ1) is 17.9. The predicted octanol–water partition coefficient (Wildman–Crippen LogP) is 4.28. The van der Waals surface area contributed by atoms with E-state index >= 15 is 0 Å². The number of H-pyrrole nitrogens is 1. The van der Waals surface area contributed by atoms with E-state index in [0.717, 1.165) is 29.3 Å². The number of nitrogens with one attached hydrogen (secondary N) is 1. The molecule has 0 bridgehead atoms. The lowest BCUT2D eigenvalue weighted by atomic mass is 10.1. The summed E-state index contributed by atoms with van der Waals surface area (Å²) in [5, 5.41) is 0.973. The van der Waals surface area contributed by atoms with Gasteiger partial charge >= 0.3 is 0 Å². The van der Waals surface area contributed by atoms with Gasteiger partial charge in [0, 0.05) is 23.2 Å². The number of carbonyl (C=O) groups is 1. The zero-order valence-corrected chi connectivity index (χ0v) is 15.3. The molecule has 0 aliphatic heterocycles. The van der Waals surface area contributed by atoms with Gasteiger partial charge in [0.1, 0.15) is 0 Å². The van der Waals surface area contributed by atoms with Crippen molar-refractivity contribution < 1.29 is 4.79 Å². The second-order valence-corrected chi connectivity index (χ2v) is 6.66. The van der Waals surface area contributed by atoms with Crippen LogP contribution in [0.15, 0.2) is 59.4 Å². The molecule has 0 aliphatic rings. The lowest BCUT2D eigenvalue weighted by molar-refractivity contribution is 0.0740. The average molecular weight is 348 g/mol. The molecule has 0 atom stereocenters. The molecule has 1 aromatic heterocycles. The summed E-state index contributed by atoms with van der Waals surface area (Å²) >= 11 is 0. The van der Waals surface area contributed by atoms with E-state index in [-0.39, 0.29) is 11.5 Å². The molecule has 0 aliphatic carbocycles. The summed E-state index contributed by atoms with van der Waals surface area (Å²) in [4.78, 5) is 30.1. The molecule has 3 aromatic rings. The van der Waals surface area contributed by atoms with Crippen molar-refractivity contribution >= 4 is 16.8 Å². The SMILES string of the molecule is CCCCN(Cc1cc2ccccc2[nH]c1=O)C(=O)c1ccc(C)cc1. The average Bonchev–Trinajstić information content (AvgIpc) is 2.65. The number of aromatic nitrogens is 1. The van der Waals surface area contributed by atoms with E-state index in [2.05, 4.69) is 11.9 Å². The summed E-state index contributed by atoms with van der Waals surface area (Å²) in [6, 6.07) is 17.1. The first-order valence-electron chi connectivity index (χ1n) is 9.05. The maximum Gasteiger partial charge on any atom is 0.254 e. The summed E-state index contributed by atoms with van der Waals surface area (Å²) in [5.74, 6) is -0.0361. The molecule has 1 amide bonds. The number of carbonyl (C=O) groups excluding carboxylic acids is 1. The van der Waals surface area contributed by atoms with Crippen molar-refractivity contribution in [2.24, 2.45) is 0 Å². The number of pyridine rings is 1. The third kappa shape index (κ3) is 4.02. The van der Waals surface area contributed by atoms with Gasteiger partial charge in [-0.1, -0.05) is 49.2 Å². The van der Waals surface area contributed by atoms with Gasteiger partial charge in [-0.25, -0.2) is 0 Å². The topological polar surface area (TPSA) is 53.2 Å². The third-order valence-corrected chi connectivity index (χ3v) is 4.56. The first-order chi connectivity index (χ1) is 12.6. The van der Waals surface area contributed by atoms with Crippen molar-refractivity contribution in [3.63, 3.8) is 0 Å². The predicted molar refractivity (Wildman–Crippen MR) is 105 cm³/mol. The van der Waals surface area contributed by atoms with E-state index in [1.165, 1.54) is 0 Å². The number of hydrogen-bond donors (Lipinski definition) is 1. The fourth-order valence-electron chi connectivity index (χ4n) is 3.00. The second kappa shape index (κ2) is 8.00. The van der Waals surface area contributed by atoms with Crippen LogP contribution in [0.1, 0.15) is 41.3 Å². The molecule has 0 unspecified atom stereocenters. The minimum Gasteiger partial charge on any atom is -0.334 e. The van der Waals surface area contributed by atoms with Crippen LogP contribution >= 0.6 is 0 Å². The molecule has 0 radical (unpaired) electrons. The largest absolute Gasteiger partial charge is 0.334 e. The van der Waals surface area contributed by atoms with Crippen LogP contribution in [0.2, 0.25) is 0 Å². The van der Waals surface area contributed by atoms with Crippen LogP contribution in [-0.4, -0.2) is 22.3 Å². The Morgan fingerprint density at radius 1 is 1.08 bits per heavy atom. The standard InChI is InChI=1S/C22H24N2O2/c1-3-4-13-24(22(26)17-11-9-16(2)10-12-17)15-19-14-18-7-5-6-8-20(18)23-21(19)25/h5-12,14H,3-4,13,15H2,1-2H3,(H,23,25). The summed E-state index contributed by atoms with van der Waals surface area (Å²) in [5.41, 5.74) is 3.06. The van der Waals surface area contributed by atoms with Crippen molar-refractivity contribution in [2.45, 2.75) is 33.2 Å². The van der Waals surface area contributed by atoms with Gasteiger partial charge in [0.2, 0.25) is 0 Å². The molecule has 26 heavy (non-hydrogen) atoms. The number of nitrogens with zero attached hydrogens (tertiary/aromatic N) is 1. The highest BCUT2D eigenvalue weighted by Gasteiger charge is 2.17. The van der Waals surface area contributed by atoms with Crippen LogP contribution < -0.4 is 5.56 Å². The molecule has 0 spiro atoms. The molecule has 1 heterocycles. The highest BCUT2D eigenvalue weighted by molar-refractivity contribution is 5.94. The number of aromatic amines is 1. The number of para-hydroxylation sites is 1. The highest BCUT2D eigenvalue weighted by atomic mass is 16.2. The zero-order valence-electron chi connectivity index (χ0n) is 15.3. The van der Waals surface area contributed by atoms with E-state index in [0.29, 0.717) is 24.2 Å². The molecule has 3 rings (SSSR count). The number of fused-ring (bicyclic) bond motifs is 1. The summed E-state index contributed by atoms with van der Waals surface area (Å²) in [6.07, 6.45) is 1.90. The van der Waals surface area contributed by atoms with E-state index in [1.54, 1.807) is 4.90 Å². The van der Waals surface area contributed by atoms with E-state index in [1.807, 2.05) is 61.5 Å². The van der Waals surface area contributed by atoms with Gasteiger partial charge in [-0.15, -0.1) is 0 Å². The normalized spacial score (nSPS) is 10.8. The fraction of sp³-hybridized carbons (Fsp3) is 0.273. The third-order valence-electron chi connectivity index (χ3n) is 4.56. The molecule has 4 nitrogen and oxygen atoms in total. The number of aryl methyl sites for hydroxylation is 1. The minimum absolute atomic E-state index is 0.0361. The highest BCUT2D eigenvalue weighted by Crippen LogP contribution is 2.14. The Balaban J connectivity index is 1.91. The first-order valence-corrected chi connectivity index (χ1v) is 9.05. The van der Waals surface area contributed by atoms with Gasteiger partial charge in [0.25, 0.3) is 11.5 Å². The van der Waals surface area contributed by atoms with Crippen LogP contribution in [0.25, 0.3) is 10.9 Å². The molecular weight excluding hydrogens is 324 g/mol. The molecule has 0 saturated carbocycles. The quantitative estimate of drug-likeness (QED) is 0.723. The van der Waals surface area contributed by atoms with Crippen LogP contribution in [0.4, 0.5) is 0 Å². The van der Waals surface area contributed by atoms with Crippen LogP contribution in [0, 0.1) is 6.92 Å². The Labute approximate surface area is 153 Å². The fourth-order valence-corrected chi connectivity index (χ4v) is 3.00. The van der Waals surface area contributed by atoms with Gasteiger partial charge in [0.15, 0.2) is 0 Å². The number of benzene rings is 2. The Morgan fingerprint density at radius 2 is 1.81 bits per heavy atom. The lowest BCUT2D eigenvalue weighted by Crippen LogP contribution is -2.33. The second-order valence-electron chi connectivity index (χ2n) is 6.66. The Kier molecular flexibility index (Phi) is 5.52. The number of hydrogen-bond acceptors (Lipinski definition) is 2. The van der Waals surface area contributed by atoms with Crippen molar-refractivity contribution in [1.82, 2.24) is 9.88 Å². The van der Waals surface area contributed by atoms with Crippen molar-refractivity contribution in [3.8, 4) is 0 Å². The van der Waals surface area contributed by atoms with Gasteiger partial charge < -0.3 is 9.88 Å². The molecule has 0 fully saturated rings. The summed E-state index contributed by atoms with van der Waals surface area (Å²) in [6.45, 7) is 5.04. The maximum atomic E-state index is 13.0. The Bertz CT molecular complexity index is 958. The number of rotatable bonds is 6. The van der Waals surface area contributed by atoms with Gasteiger partial charge in [0.05, 0.1) is 6.54 Å². The molecule has 134 valence electrons. The minimum atomic E-state index is -0.137.